The lowest BCUT2D eigenvalue weighted by Crippen LogP contribution is -2.36. The molecule has 1 aliphatic rings. The minimum Gasteiger partial charge on any atom is -0.372 e. The van der Waals surface area contributed by atoms with Gasteiger partial charge in [0, 0.05) is 36.7 Å². The Balaban J connectivity index is 1.93. The number of hydrogen-bond acceptors (Lipinski definition) is 3. The standard InChI is InChI=1S/C19H23N3O/c1-4-21(5-2)16-10-11-20-17(13-16)19(23)22-14(3)12-15-8-6-7-9-18(15)22/h6-11,13-14H,4-5,12H2,1-3H3. The Morgan fingerprint density at radius 2 is 2.00 bits per heavy atom. The van der Waals surface area contributed by atoms with E-state index in [1.165, 1.54) is 5.56 Å². The molecule has 0 bridgehead atoms. The Bertz CT molecular complexity index is 709. The molecule has 3 rings (SSSR count). The molecule has 23 heavy (non-hydrogen) atoms. The maximum atomic E-state index is 13.0. The fraction of sp³-hybridized carbons (Fsp3) is 0.368. The number of anilines is 2. The average Bonchev–Trinajstić information content (AvgIpc) is 2.91. The zero-order valence-corrected chi connectivity index (χ0v) is 14.0. The molecule has 1 aromatic heterocycles. The maximum Gasteiger partial charge on any atom is 0.277 e. The molecule has 0 fully saturated rings. The molecule has 2 heterocycles. The SMILES string of the molecule is CCN(CC)c1ccnc(C(=O)N2c3ccccc3CC2C)c1. The number of benzene rings is 1. The van der Waals surface area contributed by atoms with E-state index >= 15 is 0 Å². The van der Waals surface area contributed by atoms with Gasteiger partial charge >= 0.3 is 0 Å². The molecule has 0 spiro atoms. The monoisotopic (exact) mass is 309 g/mol. The number of nitrogens with zero attached hydrogens (tertiary/aromatic N) is 3. The van der Waals surface area contributed by atoms with Crippen LogP contribution >= 0.6 is 0 Å². The summed E-state index contributed by atoms with van der Waals surface area (Å²) in [7, 11) is 0. The second kappa shape index (κ2) is 6.41. The van der Waals surface area contributed by atoms with E-state index in [0.717, 1.165) is 30.9 Å². The number of aromatic nitrogens is 1. The average molecular weight is 309 g/mol. The van der Waals surface area contributed by atoms with Gasteiger partial charge in [-0.3, -0.25) is 9.78 Å². The van der Waals surface area contributed by atoms with Crippen LogP contribution in [0.5, 0.6) is 0 Å². The van der Waals surface area contributed by atoms with Gasteiger partial charge in [0.05, 0.1) is 0 Å². The normalized spacial score (nSPS) is 16.3. The highest BCUT2D eigenvalue weighted by molar-refractivity contribution is 6.07. The van der Waals surface area contributed by atoms with Gasteiger partial charge in [-0.15, -0.1) is 0 Å². The second-order valence-electron chi connectivity index (χ2n) is 5.93. The van der Waals surface area contributed by atoms with E-state index in [4.69, 9.17) is 0 Å². The number of para-hydroxylation sites is 1. The van der Waals surface area contributed by atoms with E-state index in [1.54, 1.807) is 6.20 Å². The summed E-state index contributed by atoms with van der Waals surface area (Å²) in [6.07, 6.45) is 2.63. The van der Waals surface area contributed by atoms with Crippen LogP contribution in [0.25, 0.3) is 0 Å². The van der Waals surface area contributed by atoms with Gasteiger partial charge < -0.3 is 9.80 Å². The van der Waals surface area contributed by atoms with Crippen LogP contribution in [0.3, 0.4) is 0 Å². The molecule has 0 saturated heterocycles. The topological polar surface area (TPSA) is 36.4 Å². The van der Waals surface area contributed by atoms with Crippen LogP contribution in [-0.2, 0) is 6.42 Å². The summed E-state index contributed by atoms with van der Waals surface area (Å²) in [5.41, 5.74) is 3.81. The summed E-state index contributed by atoms with van der Waals surface area (Å²) in [4.78, 5) is 21.4. The minimum atomic E-state index is -0.0172. The predicted molar refractivity (Wildman–Crippen MR) is 94.2 cm³/mol. The van der Waals surface area contributed by atoms with Crippen molar-refractivity contribution in [3.63, 3.8) is 0 Å². The Morgan fingerprint density at radius 3 is 2.74 bits per heavy atom. The first-order valence-electron chi connectivity index (χ1n) is 8.28. The fourth-order valence-electron chi connectivity index (χ4n) is 3.32. The highest BCUT2D eigenvalue weighted by Crippen LogP contribution is 2.33. The largest absolute Gasteiger partial charge is 0.372 e. The molecule has 1 atom stereocenters. The molecule has 1 amide bonds. The fourth-order valence-corrected chi connectivity index (χ4v) is 3.32. The van der Waals surface area contributed by atoms with Crippen LogP contribution < -0.4 is 9.80 Å². The zero-order valence-electron chi connectivity index (χ0n) is 14.0. The van der Waals surface area contributed by atoms with E-state index in [9.17, 15) is 4.79 Å². The Morgan fingerprint density at radius 1 is 1.26 bits per heavy atom. The molecule has 120 valence electrons. The first-order chi connectivity index (χ1) is 11.2. The molecule has 4 heteroatoms. The van der Waals surface area contributed by atoms with Gasteiger partial charge in [-0.05, 0) is 51.0 Å². The van der Waals surface area contributed by atoms with E-state index in [1.807, 2.05) is 35.2 Å². The lowest BCUT2D eigenvalue weighted by atomic mass is 10.1. The number of carbonyl (C=O) groups is 1. The van der Waals surface area contributed by atoms with Gasteiger partial charge in [-0.25, -0.2) is 0 Å². The first-order valence-corrected chi connectivity index (χ1v) is 8.28. The van der Waals surface area contributed by atoms with Gasteiger partial charge in [0.25, 0.3) is 5.91 Å². The number of fused-ring (bicyclic) bond motifs is 1. The Kier molecular flexibility index (Phi) is 4.33. The van der Waals surface area contributed by atoms with E-state index in [-0.39, 0.29) is 11.9 Å². The van der Waals surface area contributed by atoms with Crippen LogP contribution in [0.2, 0.25) is 0 Å². The highest BCUT2D eigenvalue weighted by Gasteiger charge is 2.31. The molecular weight excluding hydrogens is 286 g/mol. The molecule has 1 aromatic carbocycles. The van der Waals surface area contributed by atoms with Crippen molar-refractivity contribution in [3.8, 4) is 0 Å². The van der Waals surface area contributed by atoms with Crippen molar-refractivity contribution < 1.29 is 4.79 Å². The van der Waals surface area contributed by atoms with Gasteiger partial charge in [0.15, 0.2) is 0 Å². The smallest absolute Gasteiger partial charge is 0.277 e. The Labute approximate surface area is 137 Å². The summed E-state index contributed by atoms with van der Waals surface area (Å²) in [5.74, 6) is -0.0172. The van der Waals surface area contributed by atoms with E-state index < -0.39 is 0 Å². The van der Waals surface area contributed by atoms with Crippen LogP contribution in [0, 0.1) is 0 Å². The third-order valence-electron chi connectivity index (χ3n) is 4.52. The summed E-state index contributed by atoms with van der Waals surface area (Å²) >= 11 is 0. The van der Waals surface area contributed by atoms with Gasteiger partial charge in [0.1, 0.15) is 5.69 Å². The van der Waals surface area contributed by atoms with Crippen molar-refractivity contribution in [2.75, 3.05) is 22.9 Å². The van der Waals surface area contributed by atoms with Crippen LogP contribution in [0.1, 0.15) is 36.8 Å². The predicted octanol–water partition coefficient (Wildman–Crippen LogP) is 3.52. The van der Waals surface area contributed by atoms with E-state index in [0.29, 0.717) is 5.69 Å². The van der Waals surface area contributed by atoms with Crippen molar-refractivity contribution in [2.24, 2.45) is 0 Å². The number of rotatable bonds is 4. The van der Waals surface area contributed by atoms with Crippen molar-refractivity contribution in [3.05, 3.63) is 53.9 Å². The van der Waals surface area contributed by atoms with Gasteiger partial charge in [-0.1, -0.05) is 18.2 Å². The lowest BCUT2D eigenvalue weighted by Gasteiger charge is -2.24. The minimum absolute atomic E-state index is 0.0172. The maximum absolute atomic E-state index is 13.0. The summed E-state index contributed by atoms with van der Waals surface area (Å²) in [5, 5.41) is 0. The molecule has 2 aromatic rings. The van der Waals surface area contributed by atoms with Crippen molar-refractivity contribution >= 4 is 17.3 Å². The molecule has 0 aliphatic carbocycles. The van der Waals surface area contributed by atoms with Crippen LogP contribution in [-0.4, -0.2) is 30.0 Å². The second-order valence-corrected chi connectivity index (χ2v) is 5.93. The third kappa shape index (κ3) is 2.81. The summed E-state index contributed by atoms with van der Waals surface area (Å²) in [6, 6.07) is 12.2. The molecule has 1 aliphatic heterocycles. The molecule has 0 radical (unpaired) electrons. The van der Waals surface area contributed by atoms with Gasteiger partial charge in [-0.2, -0.15) is 0 Å². The molecular formula is C19H23N3O. The van der Waals surface area contributed by atoms with Crippen molar-refractivity contribution in [1.29, 1.82) is 0 Å². The Hall–Kier alpha value is -2.36. The third-order valence-corrected chi connectivity index (χ3v) is 4.52. The number of amides is 1. The quantitative estimate of drug-likeness (QED) is 0.867. The van der Waals surface area contributed by atoms with E-state index in [2.05, 4.69) is 36.7 Å². The molecule has 1 unspecified atom stereocenters. The number of hydrogen-bond donors (Lipinski definition) is 0. The van der Waals surface area contributed by atoms with Gasteiger partial charge in [0.2, 0.25) is 0 Å². The molecule has 4 nitrogen and oxygen atoms in total. The lowest BCUT2D eigenvalue weighted by molar-refractivity contribution is 0.0976. The first kappa shape index (κ1) is 15.5. The zero-order chi connectivity index (χ0) is 16.4. The van der Waals surface area contributed by atoms with Crippen LogP contribution in [0.15, 0.2) is 42.6 Å². The summed E-state index contributed by atoms with van der Waals surface area (Å²) < 4.78 is 0. The molecule has 0 saturated carbocycles. The van der Waals surface area contributed by atoms with Crippen LogP contribution in [0.4, 0.5) is 11.4 Å². The van der Waals surface area contributed by atoms with Crippen molar-refractivity contribution in [1.82, 2.24) is 4.98 Å². The van der Waals surface area contributed by atoms with Crippen molar-refractivity contribution in [2.45, 2.75) is 33.2 Å². The molecule has 0 N–H and O–H groups in total. The number of carbonyl (C=O) groups excluding carboxylic acids is 1. The highest BCUT2D eigenvalue weighted by atomic mass is 16.2. The number of pyridine rings is 1. The summed E-state index contributed by atoms with van der Waals surface area (Å²) in [6.45, 7) is 8.15.